The van der Waals surface area contributed by atoms with Crippen molar-refractivity contribution in [3.8, 4) is 11.5 Å². The first-order valence-electron chi connectivity index (χ1n) is 7.01. The largest absolute Gasteiger partial charge is 0.485 e. The number of rotatable bonds is 4. The fourth-order valence-corrected chi connectivity index (χ4v) is 3.66. The normalized spacial score (nSPS) is 16.3. The zero-order valence-corrected chi connectivity index (χ0v) is 14.9. The third-order valence-corrected chi connectivity index (χ3v) is 4.92. The number of sulfonamides is 1. The van der Waals surface area contributed by atoms with E-state index in [-0.39, 0.29) is 21.5 Å². The minimum absolute atomic E-state index is 0.0480. The van der Waals surface area contributed by atoms with Crippen LogP contribution in [0.3, 0.4) is 0 Å². The second kappa shape index (κ2) is 7.09. The predicted molar refractivity (Wildman–Crippen MR) is 91.3 cm³/mol. The Morgan fingerprint density at radius 1 is 1.08 bits per heavy atom. The number of amides is 1. The van der Waals surface area contributed by atoms with Gasteiger partial charge in [0.1, 0.15) is 6.61 Å². The average molecular weight is 403 g/mol. The summed E-state index contributed by atoms with van der Waals surface area (Å²) in [7, 11) is -4.05. The molecule has 10 heteroatoms. The van der Waals surface area contributed by atoms with Crippen molar-refractivity contribution < 1.29 is 22.7 Å². The predicted octanol–water partition coefficient (Wildman–Crippen LogP) is 2.14. The van der Waals surface area contributed by atoms with Gasteiger partial charge in [0.15, 0.2) is 11.5 Å². The summed E-state index contributed by atoms with van der Waals surface area (Å²) in [5.41, 5.74) is 2.09. The van der Waals surface area contributed by atoms with Crippen molar-refractivity contribution in [2.75, 3.05) is 6.61 Å². The van der Waals surface area contributed by atoms with Crippen LogP contribution in [-0.2, 0) is 14.8 Å². The van der Waals surface area contributed by atoms with Crippen LogP contribution < -0.4 is 19.7 Å². The molecule has 2 aromatic carbocycles. The smallest absolute Gasteiger partial charge is 0.279 e. The fraction of sp³-hybridized carbons (Fsp3) is 0.133. The first kappa shape index (κ1) is 17.8. The van der Waals surface area contributed by atoms with Crippen LogP contribution in [0, 0.1) is 0 Å². The number of hydrazine groups is 1. The minimum atomic E-state index is -4.05. The summed E-state index contributed by atoms with van der Waals surface area (Å²) in [6.07, 6.45) is -0.999. The van der Waals surface area contributed by atoms with Crippen molar-refractivity contribution in [3.05, 3.63) is 52.5 Å². The second-order valence-electron chi connectivity index (χ2n) is 5.06. The Morgan fingerprint density at radius 2 is 1.72 bits per heavy atom. The number of ether oxygens (including phenoxy) is 2. The van der Waals surface area contributed by atoms with Crippen molar-refractivity contribution in [3.63, 3.8) is 0 Å². The molecule has 0 aliphatic carbocycles. The molecule has 0 unspecified atom stereocenters. The summed E-state index contributed by atoms with van der Waals surface area (Å²) >= 11 is 11.6. The molecule has 0 aromatic heterocycles. The van der Waals surface area contributed by atoms with E-state index in [1.54, 1.807) is 24.3 Å². The third-order valence-electron chi connectivity index (χ3n) is 3.26. The fourth-order valence-electron chi connectivity index (χ4n) is 2.09. The van der Waals surface area contributed by atoms with Crippen molar-refractivity contribution in [2.24, 2.45) is 0 Å². The molecule has 1 atom stereocenters. The van der Waals surface area contributed by atoms with Crippen molar-refractivity contribution in [2.45, 2.75) is 11.0 Å². The molecular formula is C15H12Cl2N2O5S. The lowest BCUT2D eigenvalue weighted by atomic mass is 10.2. The Bertz CT molecular complexity index is 900. The minimum Gasteiger partial charge on any atom is -0.485 e. The summed E-state index contributed by atoms with van der Waals surface area (Å²) in [6, 6.07) is 10.7. The maximum Gasteiger partial charge on any atom is 0.279 e. The number of carbonyl (C=O) groups is 1. The highest BCUT2D eigenvalue weighted by Crippen LogP contribution is 2.30. The molecule has 0 spiro atoms. The van der Waals surface area contributed by atoms with E-state index in [1.807, 2.05) is 4.83 Å². The molecule has 2 N–H and O–H groups in total. The van der Waals surface area contributed by atoms with Crippen LogP contribution in [0.2, 0.25) is 10.0 Å². The molecule has 2 aromatic rings. The van der Waals surface area contributed by atoms with E-state index in [0.717, 1.165) is 0 Å². The van der Waals surface area contributed by atoms with Crippen LogP contribution in [0.1, 0.15) is 0 Å². The van der Waals surface area contributed by atoms with Gasteiger partial charge in [0.25, 0.3) is 15.9 Å². The van der Waals surface area contributed by atoms with Crippen LogP contribution >= 0.6 is 23.2 Å². The highest BCUT2D eigenvalue weighted by Gasteiger charge is 2.28. The number of nitrogens with one attached hydrogen (secondary N) is 2. The maximum atomic E-state index is 12.2. The van der Waals surface area contributed by atoms with Gasteiger partial charge in [-0.2, -0.15) is 0 Å². The highest BCUT2D eigenvalue weighted by atomic mass is 35.5. The Morgan fingerprint density at radius 3 is 2.40 bits per heavy atom. The van der Waals surface area contributed by atoms with Crippen molar-refractivity contribution in [1.29, 1.82) is 0 Å². The van der Waals surface area contributed by atoms with Gasteiger partial charge in [-0.1, -0.05) is 35.3 Å². The molecule has 7 nitrogen and oxygen atoms in total. The molecule has 3 rings (SSSR count). The molecule has 0 saturated carbocycles. The Labute approximate surface area is 153 Å². The Hall–Kier alpha value is -2.00. The molecule has 0 bridgehead atoms. The van der Waals surface area contributed by atoms with E-state index < -0.39 is 22.0 Å². The van der Waals surface area contributed by atoms with E-state index in [9.17, 15) is 13.2 Å². The lowest BCUT2D eigenvalue weighted by Gasteiger charge is -2.25. The standard InChI is InChI=1S/C15H12Cl2N2O5S/c16-9-5-10(17)7-11(6-9)25(21,22)19-18-15(20)14-8-23-12-3-1-2-4-13(12)24-14/h1-7,14,19H,8H2,(H,18,20)/t14-/m0/s1. The van der Waals surface area contributed by atoms with Gasteiger partial charge in [-0.05, 0) is 30.3 Å². The number of para-hydroxylation sites is 2. The topological polar surface area (TPSA) is 93.7 Å². The Balaban J connectivity index is 1.66. The number of halogens is 2. The van der Waals surface area contributed by atoms with Crippen LogP contribution in [0.5, 0.6) is 11.5 Å². The summed E-state index contributed by atoms with van der Waals surface area (Å²) in [5, 5.41) is 0.305. The molecule has 25 heavy (non-hydrogen) atoms. The van der Waals surface area contributed by atoms with E-state index in [2.05, 4.69) is 5.43 Å². The first-order valence-corrected chi connectivity index (χ1v) is 9.25. The monoisotopic (exact) mass is 402 g/mol. The van der Waals surface area contributed by atoms with E-state index in [4.69, 9.17) is 32.7 Å². The molecule has 1 amide bonds. The SMILES string of the molecule is O=C(NNS(=O)(=O)c1cc(Cl)cc(Cl)c1)[C@@H]1COc2ccccc2O1. The van der Waals surface area contributed by atoms with Crippen LogP contribution in [0.4, 0.5) is 0 Å². The van der Waals surface area contributed by atoms with Crippen molar-refractivity contribution >= 4 is 39.1 Å². The molecule has 132 valence electrons. The number of carbonyl (C=O) groups excluding carboxylic acids is 1. The maximum absolute atomic E-state index is 12.2. The van der Waals surface area contributed by atoms with E-state index in [1.165, 1.54) is 18.2 Å². The number of fused-ring (bicyclic) bond motifs is 1. The zero-order valence-electron chi connectivity index (χ0n) is 12.5. The molecular weight excluding hydrogens is 391 g/mol. The van der Waals surface area contributed by atoms with Gasteiger partial charge in [0.05, 0.1) is 4.90 Å². The molecule has 1 heterocycles. The van der Waals surface area contributed by atoms with Gasteiger partial charge in [-0.25, -0.2) is 8.42 Å². The Kier molecular flexibility index (Phi) is 5.05. The second-order valence-corrected chi connectivity index (χ2v) is 7.62. The highest BCUT2D eigenvalue weighted by molar-refractivity contribution is 7.89. The summed E-state index contributed by atoms with van der Waals surface area (Å²) < 4.78 is 35.3. The van der Waals surface area contributed by atoms with E-state index in [0.29, 0.717) is 11.5 Å². The zero-order chi connectivity index (χ0) is 18.0. The van der Waals surface area contributed by atoms with E-state index >= 15 is 0 Å². The number of benzene rings is 2. The van der Waals surface area contributed by atoms with Gasteiger partial charge in [-0.15, -0.1) is 4.83 Å². The number of hydrogen-bond acceptors (Lipinski definition) is 5. The summed E-state index contributed by atoms with van der Waals surface area (Å²) in [5.74, 6) is 0.213. The summed E-state index contributed by atoms with van der Waals surface area (Å²) in [4.78, 5) is 13.9. The number of hydrogen-bond donors (Lipinski definition) is 2. The van der Waals surface area contributed by atoms with Crippen LogP contribution in [-0.4, -0.2) is 27.0 Å². The third kappa shape index (κ3) is 4.16. The van der Waals surface area contributed by atoms with Gasteiger partial charge >= 0.3 is 0 Å². The van der Waals surface area contributed by atoms with Crippen LogP contribution in [0.15, 0.2) is 47.4 Å². The van der Waals surface area contributed by atoms with Gasteiger partial charge in [0.2, 0.25) is 6.10 Å². The van der Waals surface area contributed by atoms with Crippen molar-refractivity contribution in [1.82, 2.24) is 10.3 Å². The first-order chi connectivity index (χ1) is 11.8. The van der Waals surface area contributed by atoms with Gasteiger partial charge in [-0.3, -0.25) is 10.2 Å². The molecule has 1 aliphatic rings. The molecule has 0 saturated heterocycles. The quantitative estimate of drug-likeness (QED) is 0.764. The van der Waals surface area contributed by atoms with Crippen LogP contribution in [0.25, 0.3) is 0 Å². The van der Waals surface area contributed by atoms with Gasteiger partial charge in [0, 0.05) is 10.0 Å². The molecule has 1 aliphatic heterocycles. The van der Waals surface area contributed by atoms with Gasteiger partial charge < -0.3 is 9.47 Å². The lowest BCUT2D eigenvalue weighted by Crippen LogP contribution is -2.50. The molecule has 0 radical (unpaired) electrons. The lowest BCUT2D eigenvalue weighted by molar-refractivity contribution is -0.130. The molecule has 0 fully saturated rings. The average Bonchev–Trinajstić information content (AvgIpc) is 2.58. The summed E-state index contributed by atoms with van der Waals surface area (Å²) in [6.45, 7) is -0.0480.